The summed E-state index contributed by atoms with van der Waals surface area (Å²) in [6.07, 6.45) is 0. The quantitative estimate of drug-likeness (QED) is 0.563. The monoisotopic (exact) mass is 280 g/mol. The predicted octanol–water partition coefficient (Wildman–Crippen LogP) is 0.0298. The number of rotatable bonds is 4. The minimum atomic E-state index is -0.784. The van der Waals surface area contributed by atoms with E-state index < -0.39 is 15.9 Å². The molecule has 0 amide bonds. The van der Waals surface area contributed by atoms with Gasteiger partial charge in [0.2, 0.25) is 0 Å². The van der Waals surface area contributed by atoms with Gasteiger partial charge in [0, 0.05) is 21.0 Å². The van der Waals surface area contributed by atoms with Crippen molar-refractivity contribution in [2.24, 2.45) is 0 Å². The van der Waals surface area contributed by atoms with Crippen molar-refractivity contribution >= 4 is 21.9 Å². The van der Waals surface area contributed by atoms with Crippen LogP contribution in [0.3, 0.4) is 0 Å². The Kier molecular flexibility index (Phi) is 3.14. The molecule has 0 unspecified atom stereocenters. The maximum Gasteiger partial charge on any atom is 0.492 e. The molecule has 1 heterocycles. The fourth-order valence-corrected chi connectivity index (χ4v) is 1.07. The first-order chi connectivity index (χ1) is 6.91. The van der Waals surface area contributed by atoms with Gasteiger partial charge in [-0.05, 0) is 9.91 Å². The minimum Gasteiger partial charge on any atom is -0.390 e. The van der Waals surface area contributed by atoms with Crippen LogP contribution in [0.25, 0.3) is 0 Å². The van der Waals surface area contributed by atoms with Gasteiger partial charge in [-0.2, -0.15) is 0 Å². The van der Waals surface area contributed by atoms with Crippen LogP contribution in [-0.4, -0.2) is 36.8 Å². The van der Waals surface area contributed by atoms with Crippen LogP contribution in [0.2, 0.25) is 0 Å². The molecule has 11 heteroatoms. The predicted molar refractivity (Wildman–Crippen MR) is 49.1 cm³/mol. The Balaban J connectivity index is 2.86. The van der Waals surface area contributed by atoms with E-state index >= 15 is 0 Å². The number of hydrazine groups is 1. The van der Waals surface area contributed by atoms with Crippen LogP contribution in [-0.2, 0) is 6.67 Å². The topological polar surface area (TPSA) is 120 Å². The van der Waals surface area contributed by atoms with Crippen molar-refractivity contribution in [1.82, 2.24) is 19.8 Å². The first-order valence-electron chi connectivity index (χ1n) is 3.52. The zero-order valence-corrected chi connectivity index (χ0v) is 8.99. The van der Waals surface area contributed by atoms with Crippen molar-refractivity contribution in [2.75, 3.05) is 7.05 Å². The van der Waals surface area contributed by atoms with Gasteiger partial charge in [-0.15, -0.1) is 9.69 Å². The van der Waals surface area contributed by atoms with Gasteiger partial charge < -0.3 is 10.1 Å². The standard InChI is InChI=1S/C4H5BrN6O4/c1-8(11(14)15)2-9-3(5)6-4(7-9)10(12)13/h2H2,1H3. The van der Waals surface area contributed by atoms with Gasteiger partial charge >= 0.3 is 5.95 Å². The van der Waals surface area contributed by atoms with Gasteiger partial charge in [-0.25, -0.2) is 10.1 Å². The van der Waals surface area contributed by atoms with E-state index in [1.54, 1.807) is 0 Å². The Labute approximate surface area is 90.9 Å². The van der Waals surface area contributed by atoms with Gasteiger partial charge in [-0.3, -0.25) is 0 Å². The summed E-state index contributed by atoms with van der Waals surface area (Å²) in [5, 5.41) is 24.1. The molecule has 1 rings (SSSR count). The Morgan fingerprint density at radius 3 is 2.53 bits per heavy atom. The second-order valence-electron chi connectivity index (χ2n) is 2.47. The van der Waals surface area contributed by atoms with E-state index in [9.17, 15) is 20.2 Å². The Hall–Kier alpha value is -1.78. The molecule has 0 bridgehead atoms. The number of nitrogens with zero attached hydrogens (tertiary/aromatic N) is 6. The van der Waals surface area contributed by atoms with Crippen LogP contribution in [0.4, 0.5) is 5.95 Å². The summed E-state index contributed by atoms with van der Waals surface area (Å²) in [6.45, 7) is -0.242. The highest BCUT2D eigenvalue weighted by Gasteiger charge is 2.22. The van der Waals surface area contributed by atoms with Crippen LogP contribution in [0.15, 0.2) is 4.73 Å². The molecule has 0 radical (unpaired) electrons. The maximum atomic E-state index is 10.3. The van der Waals surface area contributed by atoms with Gasteiger partial charge in [0.05, 0.1) is 7.05 Å². The lowest BCUT2D eigenvalue weighted by Gasteiger charge is -2.05. The lowest BCUT2D eigenvalue weighted by Crippen LogP contribution is -2.28. The average molecular weight is 281 g/mol. The van der Waals surface area contributed by atoms with Crippen molar-refractivity contribution in [3.63, 3.8) is 0 Å². The second kappa shape index (κ2) is 4.16. The summed E-state index contributed by atoms with van der Waals surface area (Å²) in [6, 6.07) is 0. The molecule has 0 spiro atoms. The van der Waals surface area contributed by atoms with Crippen molar-refractivity contribution in [2.45, 2.75) is 6.67 Å². The smallest absolute Gasteiger partial charge is 0.390 e. The molecule has 0 aliphatic carbocycles. The van der Waals surface area contributed by atoms with Gasteiger partial charge in [0.25, 0.3) is 4.73 Å². The number of hydrogen-bond acceptors (Lipinski definition) is 6. The average Bonchev–Trinajstić information content (AvgIpc) is 2.47. The summed E-state index contributed by atoms with van der Waals surface area (Å²) >= 11 is 2.90. The Morgan fingerprint density at radius 1 is 1.53 bits per heavy atom. The highest BCUT2D eigenvalue weighted by Crippen LogP contribution is 2.12. The van der Waals surface area contributed by atoms with Crippen molar-refractivity contribution in [3.05, 3.63) is 25.0 Å². The molecule has 0 aliphatic heterocycles. The molecule has 82 valence electrons. The molecule has 0 fully saturated rings. The number of nitro groups is 2. The Morgan fingerprint density at radius 2 is 2.13 bits per heavy atom. The minimum absolute atomic E-state index is 0.0582. The SMILES string of the molecule is CN(Cn1nc([N+](=O)[O-])nc1Br)[N+](=O)[O-]. The van der Waals surface area contributed by atoms with Crippen molar-refractivity contribution in [3.8, 4) is 0 Å². The highest BCUT2D eigenvalue weighted by atomic mass is 79.9. The molecule has 0 aromatic carbocycles. The molecule has 1 aromatic rings. The molecule has 0 saturated carbocycles. The van der Waals surface area contributed by atoms with E-state index in [0.29, 0.717) is 5.01 Å². The van der Waals surface area contributed by atoms with Crippen LogP contribution >= 0.6 is 15.9 Å². The molecular formula is C4H5BrN6O4. The molecular weight excluding hydrogens is 276 g/mol. The van der Waals surface area contributed by atoms with Gasteiger partial charge in [-0.1, -0.05) is 0 Å². The van der Waals surface area contributed by atoms with E-state index in [0.717, 1.165) is 4.68 Å². The van der Waals surface area contributed by atoms with Crippen LogP contribution < -0.4 is 0 Å². The van der Waals surface area contributed by atoms with E-state index in [1.807, 2.05) is 0 Å². The molecule has 0 aliphatic rings. The first kappa shape index (κ1) is 11.3. The van der Waals surface area contributed by atoms with E-state index in [4.69, 9.17) is 0 Å². The first-order valence-corrected chi connectivity index (χ1v) is 4.31. The van der Waals surface area contributed by atoms with Gasteiger partial charge in [0.1, 0.15) is 0 Å². The van der Waals surface area contributed by atoms with Crippen LogP contribution in [0.1, 0.15) is 0 Å². The summed E-state index contributed by atoms with van der Waals surface area (Å²) < 4.78 is 1.06. The lowest BCUT2D eigenvalue weighted by molar-refractivity contribution is -0.656. The number of hydrogen-bond donors (Lipinski definition) is 0. The third kappa shape index (κ3) is 2.59. The fraction of sp³-hybridized carbons (Fsp3) is 0.500. The zero-order chi connectivity index (χ0) is 11.6. The third-order valence-corrected chi connectivity index (χ3v) is 1.98. The molecule has 15 heavy (non-hydrogen) atoms. The maximum absolute atomic E-state index is 10.3. The van der Waals surface area contributed by atoms with E-state index in [1.165, 1.54) is 7.05 Å². The third-order valence-electron chi connectivity index (χ3n) is 1.40. The largest absolute Gasteiger partial charge is 0.492 e. The normalized spacial score (nSPS) is 10.0. The van der Waals surface area contributed by atoms with Crippen molar-refractivity contribution in [1.29, 1.82) is 0 Å². The summed E-state index contributed by atoms with van der Waals surface area (Å²) in [5.41, 5.74) is 0. The summed E-state index contributed by atoms with van der Waals surface area (Å²) in [4.78, 5) is 23.2. The molecule has 0 N–H and O–H groups in total. The van der Waals surface area contributed by atoms with Crippen LogP contribution in [0, 0.1) is 20.2 Å². The van der Waals surface area contributed by atoms with Gasteiger partial charge in [0.15, 0.2) is 11.7 Å². The number of aromatic nitrogens is 3. The number of halogens is 1. The van der Waals surface area contributed by atoms with E-state index in [-0.39, 0.29) is 11.4 Å². The molecule has 0 saturated heterocycles. The summed E-state index contributed by atoms with van der Waals surface area (Å²) in [5.74, 6) is -0.612. The molecule has 10 nitrogen and oxygen atoms in total. The second-order valence-corrected chi connectivity index (χ2v) is 3.18. The molecule has 0 atom stereocenters. The summed E-state index contributed by atoms with van der Waals surface area (Å²) in [7, 11) is 1.21. The van der Waals surface area contributed by atoms with Crippen LogP contribution in [0.5, 0.6) is 0 Å². The molecule has 1 aromatic heterocycles. The van der Waals surface area contributed by atoms with E-state index in [2.05, 4.69) is 26.0 Å². The fourth-order valence-electron chi connectivity index (χ4n) is 0.725. The zero-order valence-electron chi connectivity index (χ0n) is 7.40. The Bertz CT molecular complexity index is 404. The van der Waals surface area contributed by atoms with Crippen molar-refractivity contribution < 1.29 is 9.96 Å². The lowest BCUT2D eigenvalue weighted by atomic mass is 11.0. The highest BCUT2D eigenvalue weighted by molar-refractivity contribution is 9.10.